The Morgan fingerprint density at radius 3 is 1.29 bits per heavy atom. The highest BCUT2D eigenvalue weighted by Gasteiger charge is 2.00. The van der Waals surface area contributed by atoms with Gasteiger partial charge in [0.1, 0.15) is 0 Å². The largest absolute Gasteiger partial charge is 0.466 e. The Bertz CT molecular complexity index is 1230. The zero-order valence-electron chi connectivity index (χ0n) is 23.8. The fourth-order valence-electron chi connectivity index (χ4n) is 3.52. The molecule has 0 bridgehead atoms. The minimum Gasteiger partial charge on any atom is -0.466 e. The summed E-state index contributed by atoms with van der Waals surface area (Å²) in [6.45, 7) is 2.63. The van der Waals surface area contributed by atoms with Crippen molar-refractivity contribution in [2.24, 2.45) is 0 Å². The van der Waals surface area contributed by atoms with E-state index in [0.717, 1.165) is 54.4 Å². The minimum atomic E-state index is -0.421. The van der Waals surface area contributed by atoms with Crippen LogP contribution in [0.1, 0.15) is 67.7 Å². The van der Waals surface area contributed by atoms with Crippen molar-refractivity contribution < 1.29 is 33.4 Å². The number of rotatable bonds is 17. The molecule has 0 fully saturated rings. The molecule has 0 N–H and O–H groups in total. The first-order chi connectivity index (χ1) is 19.9. The van der Waals surface area contributed by atoms with E-state index in [-0.39, 0.29) is 5.78 Å². The lowest BCUT2D eigenvalue weighted by molar-refractivity contribution is -0.139. The highest BCUT2D eigenvalue weighted by Crippen LogP contribution is 2.10. The number of hydrogen-bond acceptors (Lipinski definition) is 7. The maximum absolute atomic E-state index is 11.9. The molecule has 0 saturated carbocycles. The van der Waals surface area contributed by atoms with Crippen LogP contribution in [-0.2, 0) is 33.4 Å². The number of hydrogen-bond donors (Lipinski definition) is 0. The first kappa shape index (κ1) is 32.7. The Kier molecular flexibility index (Phi) is 15.6. The van der Waals surface area contributed by atoms with Crippen LogP contribution in [0.25, 0.3) is 24.3 Å². The van der Waals surface area contributed by atoms with Gasteiger partial charge < -0.3 is 14.2 Å². The molecular formula is C34H38O7. The summed E-state index contributed by atoms with van der Waals surface area (Å²) in [6.07, 6.45) is 17.1. The van der Waals surface area contributed by atoms with E-state index in [1.807, 2.05) is 55.5 Å². The van der Waals surface area contributed by atoms with Gasteiger partial charge in [-0.25, -0.2) is 14.4 Å². The third-order valence-electron chi connectivity index (χ3n) is 5.80. The van der Waals surface area contributed by atoms with E-state index in [1.54, 1.807) is 30.4 Å². The van der Waals surface area contributed by atoms with Gasteiger partial charge in [0.25, 0.3) is 0 Å². The van der Waals surface area contributed by atoms with Crippen LogP contribution in [0, 0.1) is 0 Å². The fraction of sp³-hybridized carbons (Fsp3) is 0.294. The molecule has 2 rings (SSSR count). The number of esters is 3. The van der Waals surface area contributed by atoms with Gasteiger partial charge in [0.2, 0.25) is 0 Å². The van der Waals surface area contributed by atoms with Crippen LogP contribution in [0.5, 0.6) is 0 Å². The lowest BCUT2D eigenvalue weighted by Crippen LogP contribution is -2.03. The Morgan fingerprint density at radius 2 is 0.927 bits per heavy atom. The van der Waals surface area contributed by atoms with Crippen LogP contribution < -0.4 is 0 Å². The molecule has 0 heterocycles. The molecule has 2 aromatic rings. The van der Waals surface area contributed by atoms with E-state index >= 15 is 0 Å². The normalized spacial score (nSPS) is 11.5. The highest BCUT2D eigenvalue weighted by molar-refractivity contribution is 5.93. The molecule has 216 valence electrons. The van der Waals surface area contributed by atoms with E-state index in [2.05, 4.69) is 4.74 Å². The van der Waals surface area contributed by atoms with Gasteiger partial charge in [-0.1, -0.05) is 61.5 Å². The number of benzene rings is 2. The fourth-order valence-corrected chi connectivity index (χ4v) is 3.52. The predicted molar refractivity (Wildman–Crippen MR) is 161 cm³/mol. The average Bonchev–Trinajstić information content (AvgIpc) is 2.99. The second-order valence-electron chi connectivity index (χ2n) is 9.16. The van der Waals surface area contributed by atoms with Gasteiger partial charge in [-0.05, 0) is 78.7 Å². The summed E-state index contributed by atoms with van der Waals surface area (Å²) in [5, 5.41) is 0. The minimum absolute atomic E-state index is 0.111. The molecule has 0 aliphatic rings. The number of ketones is 1. The first-order valence-corrected chi connectivity index (χ1v) is 13.8. The molecule has 0 aromatic heterocycles. The summed E-state index contributed by atoms with van der Waals surface area (Å²) in [5.74, 6) is -1.12. The van der Waals surface area contributed by atoms with Crippen molar-refractivity contribution in [2.75, 3.05) is 20.3 Å². The summed E-state index contributed by atoms with van der Waals surface area (Å²) in [6, 6.07) is 14.9. The Balaban J connectivity index is 1.54. The molecule has 0 atom stereocenters. The van der Waals surface area contributed by atoms with Crippen molar-refractivity contribution in [1.29, 1.82) is 0 Å². The Hall–Kier alpha value is -4.52. The van der Waals surface area contributed by atoms with E-state index in [9.17, 15) is 19.2 Å². The second kappa shape index (κ2) is 19.5. The van der Waals surface area contributed by atoms with Gasteiger partial charge >= 0.3 is 17.9 Å². The van der Waals surface area contributed by atoms with Crippen LogP contribution in [0.4, 0.5) is 0 Å². The van der Waals surface area contributed by atoms with Gasteiger partial charge in [-0.2, -0.15) is 0 Å². The van der Waals surface area contributed by atoms with Gasteiger partial charge in [0, 0.05) is 24.6 Å². The second-order valence-corrected chi connectivity index (χ2v) is 9.16. The lowest BCUT2D eigenvalue weighted by Gasteiger charge is -2.04. The molecule has 0 spiro atoms. The topological polar surface area (TPSA) is 96.0 Å². The zero-order chi connectivity index (χ0) is 29.7. The number of carbonyl (C=O) groups is 4. The molecule has 0 aliphatic carbocycles. The number of ether oxygens (including phenoxy) is 3. The molecule has 0 aliphatic heterocycles. The van der Waals surface area contributed by atoms with E-state index in [4.69, 9.17) is 9.47 Å². The standard InChI is InChI=1S/C34H38O7/c1-3-8-31(35)21-17-27-9-11-29(12-10-27)19-23-33(37)40-25-6-4-5-7-26-41-34(38)24-20-30-15-13-28(14-16-30)18-22-32(36)39-2/h9-24H,3-8,25-26H2,1-2H3/b21-17+,22-18+,23-19+,24-20+. The summed E-state index contributed by atoms with van der Waals surface area (Å²) in [7, 11) is 1.32. The number of unbranched alkanes of at least 4 members (excludes halogenated alkanes) is 3. The zero-order valence-corrected chi connectivity index (χ0v) is 23.8. The highest BCUT2D eigenvalue weighted by atomic mass is 16.5. The van der Waals surface area contributed by atoms with Gasteiger partial charge in [0.15, 0.2) is 5.78 Å². The molecule has 41 heavy (non-hydrogen) atoms. The molecule has 0 radical (unpaired) electrons. The van der Waals surface area contributed by atoms with E-state index in [0.29, 0.717) is 19.6 Å². The Morgan fingerprint density at radius 1 is 0.561 bits per heavy atom. The van der Waals surface area contributed by atoms with Crippen LogP contribution in [-0.4, -0.2) is 44.0 Å². The van der Waals surface area contributed by atoms with Crippen molar-refractivity contribution in [2.45, 2.75) is 45.4 Å². The third kappa shape index (κ3) is 15.0. The van der Waals surface area contributed by atoms with Gasteiger partial charge in [-0.15, -0.1) is 0 Å². The van der Waals surface area contributed by atoms with Crippen molar-refractivity contribution in [3.63, 3.8) is 0 Å². The maximum atomic E-state index is 11.9. The summed E-state index contributed by atoms with van der Waals surface area (Å²) in [5.41, 5.74) is 3.47. The molecule has 0 amide bonds. The SMILES string of the molecule is CCCC(=O)/C=C/c1ccc(/C=C/C(=O)OCCCCCCOC(=O)/C=C/c2ccc(/C=C/C(=O)OC)cc2)cc1. The van der Waals surface area contributed by atoms with Crippen LogP contribution in [0.2, 0.25) is 0 Å². The van der Waals surface area contributed by atoms with Crippen molar-refractivity contribution in [3.05, 3.63) is 95.1 Å². The molecule has 7 heteroatoms. The monoisotopic (exact) mass is 558 g/mol. The van der Waals surface area contributed by atoms with Gasteiger partial charge in [0.05, 0.1) is 20.3 Å². The molecule has 2 aromatic carbocycles. The summed E-state index contributed by atoms with van der Waals surface area (Å²) >= 11 is 0. The average molecular weight is 559 g/mol. The number of allylic oxidation sites excluding steroid dienone is 1. The third-order valence-corrected chi connectivity index (χ3v) is 5.80. The van der Waals surface area contributed by atoms with E-state index in [1.165, 1.54) is 25.3 Å². The van der Waals surface area contributed by atoms with Crippen molar-refractivity contribution >= 4 is 48.0 Å². The molecular weight excluding hydrogens is 520 g/mol. The number of methoxy groups -OCH3 is 1. The molecule has 0 saturated heterocycles. The van der Waals surface area contributed by atoms with Crippen LogP contribution in [0.15, 0.2) is 72.8 Å². The smallest absolute Gasteiger partial charge is 0.330 e. The molecule has 0 unspecified atom stereocenters. The predicted octanol–water partition coefficient (Wildman–Crippen LogP) is 6.63. The van der Waals surface area contributed by atoms with Crippen molar-refractivity contribution in [1.82, 2.24) is 0 Å². The molecule has 7 nitrogen and oxygen atoms in total. The quantitative estimate of drug-likeness (QED) is 0.0931. The van der Waals surface area contributed by atoms with Gasteiger partial charge in [-0.3, -0.25) is 4.79 Å². The van der Waals surface area contributed by atoms with E-state index < -0.39 is 17.9 Å². The summed E-state index contributed by atoms with van der Waals surface area (Å²) < 4.78 is 15.0. The lowest BCUT2D eigenvalue weighted by atomic mass is 10.1. The van der Waals surface area contributed by atoms with Crippen molar-refractivity contribution in [3.8, 4) is 0 Å². The van der Waals surface area contributed by atoms with Crippen LogP contribution in [0.3, 0.4) is 0 Å². The first-order valence-electron chi connectivity index (χ1n) is 13.8. The maximum Gasteiger partial charge on any atom is 0.330 e. The van der Waals surface area contributed by atoms with Crippen LogP contribution >= 0.6 is 0 Å². The number of carbonyl (C=O) groups excluding carboxylic acids is 4. The Labute approximate surface area is 242 Å². The summed E-state index contributed by atoms with van der Waals surface area (Å²) in [4.78, 5) is 46.6.